The molecular formula is C22H30N2O4S. The maximum absolute atomic E-state index is 12.2. The molecule has 2 aromatic rings. The molecule has 158 valence electrons. The molecule has 6 nitrogen and oxygen atoms in total. The number of nitrogens with zero attached hydrogens (tertiary/aromatic N) is 1. The van der Waals surface area contributed by atoms with Gasteiger partial charge in [-0.2, -0.15) is 8.42 Å². The summed E-state index contributed by atoms with van der Waals surface area (Å²) in [6.07, 6.45) is 0.870. The summed E-state index contributed by atoms with van der Waals surface area (Å²) in [7, 11) is -2.13. The highest BCUT2D eigenvalue weighted by molar-refractivity contribution is 7.85. The Bertz CT molecular complexity index is 920. The number of carbonyl (C=O) groups is 1. The van der Waals surface area contributed by atoms with Crippen molar-refractivity contribution in [3.8, 4) is 0 Å². The Balaban J connectivity index is 0.000000234. The van der Waals surface area contributed by atoms with Gasteiger partial charge in [-0.15, -0.1) is 0 Å². The van der Waals surface area contributed by atoms with Gasteiger partial charge in [0.25, 0.3) is 10.1 Å². The molecule has 1 aliphatic heterocycles. The molecule has 2 aromatic carbocycles. The van der Waals surface area contributed by atoms with E-state index in [1.165, 1.54) is 17.7 Å². The van der Waals surface area contributed by atoms with Crippen molar-refractivity contribution < 1.29 is 17.8 Å². The lowest BCUT2D eigenvalue weighted by molar-refractivity contribution is -0.129. The van der Waals surface area contributed by atoms with Gasteiger partial charge in [-0.25, -0.2) is 0 Å². The second-order valence-electron chi connectivity index (χ2n) is 8.41. The first-order valence-electron chi connectivity index (χ1n) is 9.50. The third-order valence-electron chi connectivity index (χ3n) is 4.81. The van der Waals surface area contributed by atoms with Gasteiger partial charge in [0.1, 0.15) is 0 Å². The number of carbonyl (C=O) groups excluding carboxylic acids is 1. The first-order valence-corrected chi connectivity index (χ1v) is 10.9. The minimum Gasteiger partial charge on any atom is -0.328 e. The van der Waals surface area contributed by atoms with Gasteiger partial charge in [-0.3, -0.25) is 14.7 Å². The monoisotopic (exact) mass is 418 g/mol. The van der Waals surface area contributed by atoms with E-state index in [4.69, 9.17) is 4.55 Å². The molecule has 1 aliphatic rings. The number of hydrogen-bond donors (Lipinski definition) is 2. The standard InChI is InChI=1S/C15H22N2O.C7H8O3S/c1-15(2,3)14-16-12(13(18)17(14)4)10-11-8-6-5-7-9-11;1-6-2-4-7(5-3-6)11(8,9)10/h5-9,12,14,16H,10H2,1-4H3;2-5H,1H3,(H,8,9,10)/t12-,14-;/m1./s1. The van der Waals surface area contributed by atoms with E-state index in [9.17, 15) is 13.2 Å². The molecule has 1 saturated heterocycles. The molecule has 1 fully saturated rings. The Morgan fingerprint density at radius 3 is 2.03 bits per heavy atom. The first kappa shape index (κ1) is 23.1. The number of amides is 1. The van der Waals surface area contributed by atoms with Crippen molar-refractivity contribution in [2.45, 2.75) is 51.2 Å². The van der Waals surface area contributed by atoms with E-state index < -0.39 is 10.1 Å². The zero-order valence-corrected chi connectivity index (χ0v) is 18.4. The lowest BCUT2D eigenvalue weighted by Crippen LogP contribution is -2.45. The van der Waals surface area contributed by atoms with E-state index in [-0.39, 0.29) is 28.4 Å². The third-order valence-corrected chi connectivity index (χ3v) is 5.68. The van der Waals surface area contributed by atoms with Crippen molar-refractivity contribution >= 4 is 16.0 Å². The number of rotatable bonds is 3. The summed E-state index contributed by atoms with van der Waals surface area (Å²) in [5.41, 5.74) is 2.21. The van der Waals surface area contributed by atoms with Crippen molar-refractivity contribution in [1.82, 2.24) is 10.2 Å². The van der Waals surface area contributed by atoms with Crippen molar-refractivity contribution in [2.24, 2.45) is 5.41 Å². The molecule has 0 aromatic heterocycles. The van der Waals surface area contributed by atoms with Crippen LogP contribution in [0.1, 0.15) is 31.9 Å². The van der Waals surface area contributed by atoms with Crippen molar-refractivity contribution in [2.75, 3.05) is 7.05 Å². The predicted molar refractivity (Wildman–Crippen MR) is 114 cm³/mol. The average molecular weight is 419 g/mol. The molecule has 29 heavy (non-hydrogen) atoms. The lowest BCUT2D eigenvalue weighted by atomic mass is 9.92. The van der Waals surface area contributed by atoms with Crippen molar-refractivity contribution in [3.63, 3.8) is 0 Å². The summed E-state index contributed by atoms with van der Waals surface area (Å²) in [6, 6.07) is 16.1. The second-order valence-corrected chi connectivity index (χ2v) is 9.84. The Morgan fingerprint density at radius 2 is 1.59 bits per heavy atom. The van der Waals surface area contributed by atoms with Crippen LogP contribution in [-0.4, -0.2) is 43.0 Å². The zero-order chi connectivity index (χ0) is 21.8. The fourth-order valence-corrected chi connectivity index (χ4v) is 3.76. The quantitative estimate of drug-likeness (QED) is 0.747. The number of nitrogens with one attached hydrogen (secondary N) is 1. The van der Waals surface area contributed by atoms with E-state index in [1.54, 1.807) is 12.1 Å². The molecule has 0 spiro atoms. The minimum atomic E-state index is -4.02. The van der Waals surface area contributed by atoms with Crippen LogP contribution in [0, 0.1) is 12.3 Å². The summed E-state index contributed by atoms with van der Waals surface area (Å²) in [4.78, 5) is 14.0. The van der Waals surface area contributed by atoms with Crippen LogP contribution in [0.4, 0.5) is 0 Å². The van der Waals surface area contributed by atoms with Gasteiger partial charge in [0.05, 0.1) is 17.1 Å². The minimum absolute atomic E-state index is 0.0514. The summed E-state index contributed by atoms with van der Waals surface area (Å²) in [6.45, 7) is 8.30. The van der Waals surface area contributed by atoms with Gasteiger partial charge in [-0.1, -0.05) is 68.8 Å². The molecule has 3 rings (SSSR count). The third kappa shape index (κ3) is 6.39. The molecule has 0 bridgehead atoms. The van der Waals surface area contributed by atoms with Crippen LogP contribution in [0.25, 0.3) is 0 Å². The molecule has 7 heteroatoms. The number of hydrogen-bond acceptors (Lipinski definition) is 4. The van der Waals surface area contributed by atoms with Gasteiger partial charge >= 0.3 is 0 Å². The Morgan fingerprint density at radius 1 is 1.03 bits per heavy atom. The van der Waals surface area contributed by atoms with E-state index in [0.717, 1.165) is 12.0 Å². The van der Waals surface area contributed by atoms with Gasteiger partial charge < -0.3 is 4.90 Å². The van der Waals surface area contributed by atoms with Crippen molar-refractivity contribution in [1.29, 1.82) is 0 Å². The molecule has 1 amide bonds. The molecule has 0 radical (unpaired) electrons. The van der Waals surface area contributed by atoms with E-state index in [1.807, 2.05) is 37.1 Å². The van der Waals surface area contributed by atoms with Gasteiger partial charge in [0.2, 0.25) is 5.91 Å². The normalized spacial score (nSPS) is 19.7. The highest BCUT2D eigenvalue weighted by Crippen LogP contribution is 2.27. The van der Waals surface area contributed by atoms with Crippen LogP contribution in [0.15, 0.2) is 59.5 Å². The van der Waals surface area contributed by atoms with Gasteiger partial charge in [-0.05, 0) is 36.5 Å². The predicted octanol–water partition coefficient (Wildman–Crippen LogP) is 3.27. The molecule has 0 unspecified atom stereocenters. The van der Waals surface area contributed by atoms with Gasteiger partial charge in [0, 0.05) is 7.05 Å². The van der Waals surface area contributed by atoms with Crippen LogP contribution in [0.3, 0.4) is 0 Å². The fourth-order valence-electron chi connectivity index (χ4n) is 3.28. The van der Waals surface area contributed by atoms with E-state index in [2.05, 4.69) is 38.2 Å². The summed E-state index contributed by atoms with van der Waals surface area (Å²) < 4.78 is 29.6. The molecular weight excluding hydrogens is 388 g/mol. The fraction of sp³-hybridized carbons (Fsp3) is 0.409. The lowest BCUT2D eigenvalue weighted by Gasteiger charge is -2.32. The van der Waals surface area contributed by atoms with Crippen molar-refractivity contribution in [3.05, 3.63) is 65.7 Å². The smallest absolute Gasteiger partial charge is 0.294 e. The highest BCUT2D eigenvalue weighted by Gasteiger charge is 2.41. The number of aryl methyl sites for hydroxylation is 1. The topological polar surface area (TPSA) is 86.7 Å². The highest BCUT2D eigenvalue weighted by atomic mass is 32.2. The Kier molecular flexibility index (Phi) is 7.21. The Hall–Kier alpha value is -2.22. The Labute approximate surface area is 173 Å². The number of likely N-dealkylation sites (N-methyl/N-ethyl adjacent to an activating group) is 1. The molecule has 0 aliphatic carbocycles. The molecule has 1 heterocycles. The van der Waals surface area contributed by atoms with Crippen LogP contribution in [-0.2, 0) is 21.3 Å². The molecule has 2 N–H and O–H groups in total. The van der Waals surface area contributed by atoms with Crippen LogP contribution < -0.4 is 5.32 Å². The summed E-state index contributed by atoms with van der Waals surface area (Å²) >= 11 is 0. The SMILES string of the molecule is CN1C(=O)[C@@H](Cc2ccccc2)N[C@H]1C(C)(C)C.Cc1ccc(S(=O)(=O)O)cc1. The maximum Gasteiger partial charge on any atom is 0.294 e. The molecule has 2 atom stereocenters. The summed E-state index contributed by atoms with van der Waals surface area (Å²) in [5, 5.41) is 3.46. The van der Waals surface area contributed by atoms with Crippen LogP contribution >= 0.6 is 0 Å². The van der Waals surface area contributed by atoms with E-state index >= 15 is 0 Å². The average Bonchev–Trinajstić information content (AvgIpc) is 2.91. The van der Waals surface area contributed by atoms with Crippen LogP contribution in [0.5, 0.6) is 0 Å². The second kappa shape index (κ2) is 9.07. The zero-order valence-electron chi connectivity index (χ0n) is 17.6. The van der Waals surface area contributed by atoms with Crippen LogP contribution in [0.2, 0.25) is 0 Å². The van der Waals surface area contributed by atoms with E-state index in [0.29, 0.717) is 0 Å². The largest absolute Gasteiger partial charge is 0.328 e. The molecule has 0 saturated carbocycles. The number of benzene rings is 2. The van der Waals surface area contributed by atoms with Gasteiger partial charge in [0.15, 0.2) is 0 Å². The maximum atomic E-state index is 12.2. The first-order chi connectivity index (χ1) is 13.4. The summed E-state index contributed by atoms with van der Waals surface area (Å²) in [5.74, 6) is 0.193.